The third-order valence-corrected chi connectivity index (χ3v) is 10.2. The van der Waals surface area contributed by atoms with Crippen LogP contribution in [0.5, 0.6) is 5.75 Å². The number of aliphatic hydroxyl groups excluding tert-OH is 1. The SMILES string of the molecule is Cc1noc(C)c1NC(=O)N(C)C[C@H]1OCCCC[C@@H](C)Oc2ccc(NS(=O)(=O)c3c(C)noc3C)cc2C(=O)N([C@@H](C)CO)C[C@H]1C. The van der Waals surface area contributed by atoms with Gasteiger partial charge in [-0.2, -0.15) is 0 Å². The molecular weight excluding hydrogens is 656 g/mol. The number of nitrogens with one attached hydrogen (secondary N) is 2. The Morgan fingerprint density at radius 2 is 1.80 bits per heavy atom. The number of urea groups is 1. The van der Waals surface area contributed by atoms with Crippen molar-refractivity contribution in [3.05, 3.63) is 46.7 Å². The number of fused-ring (bicyclic) bond motifs is 1. The number of carbonyl (C=O) groups excluding carboxylic acids is 2. The Labute approximate surface area is 287 Å². The third-order valence-electron chi connectivity index (χ3n) is 8.61. The molecule has 1 aliphatic heterocycles. The maximum absolute atomic E-state index is 14.4. The summed E-state index contributed by atoms with van der Waals surface area (Å²) in [7, 11) is -2.44. The van der Waals surface area contributed by atoms with Gasteiger partial charge in [0.1, 0.15) is 22.8 Å². The number of benzene rings is 1. The number of nitrogens with zero attached hydrogens (tertiary/aromatic N) is 4. The number of hydrogen-bond donors (Lipinski definition) is 3. The summed E-state index contributed by atoms with van der Waals surface area (Å²) in [6, 6.07) is 3.57. The number of aromatic nitrogens is 2. The molecule has 15 nitrogen and oxygen atoms in total. The average molecular weight is 705 g/mol. The Morgan fingerprint density at radius 3 is 2.43 bits per heavy atom. The van der Waals surface area contributed by atoms with E-state index in [1.54, 1.807) is 33.9 Å². The van der Waals surface area contributed by atoms with Crippen LogP contribution in [0.1, 0.15) is 73.3 Å². The number of aliphatic hydroxyl groups is 1. The van der Waals surface area contributed by atoms with E-state index >= 15 is 0 Å². The number of anilines is 2. The molecule has 1 aliphatic rings. The molecule has 3 heterocycles. The topological polar surface area (TPSA) is 190 Å². The minimum absolute atomic E-state index is 0.0791. The molecule has 0 fully saturated rings. The number of ether oxygens (including phenoxy) is 2. The summed E-state index contributed by atoms with van der Waals surface area (Å²) in [5.41, 5.74) is 1.54. The molecule has 3 aromatic rings. The van der Waals surface area contributed by atoms with Gasteiger partial charge in [-0.15, -0.1) is 0 Å². The normalized spacial score (nSPS) is 20.1. The van der Waals surface area contributed by atoms with Crippen molar-refractivity contribution in [3.63, 3.8) is 0 Å². The van der Waals surface area contributed by atoms with Crippen LogP contribution in [-0.2, 0) is 14.8 Å². The van der Waals surface area contributed by atoms with Gasteiger partial charge in [0.15, 0.2) is 16.4 Å². The van der Waals surface area contributed by atoms with Gasteiger partial charge in [-0.25, -0.2) is 13.2 Å². The standard InChI is InChI=1S/C33H48N6O9S/c1-19-16-39(20(2)18-40)32(41)27-15-26(37-49(43,44)31-23(5)36-48-25(31)7)12-13-28(27)46-21(3)11-9-10-14-45-29(19)17-38(8)33(42)34-30-22(4)35-47-24(30)6/h12-13,15,19-21,29,37,40H,9-11,14,16-18H2,1-8H3,(H,34,42)/t19-,20+,21-,29-/m1/s1. The van der Waals surface area contributed by atoms with Gasteiger partial charge < -0.3 is 38.7 Å². The highest BCUT2D eigenvalue weighted by atomic mass is 32.2. The van der Waals surface area contributed by atoms with Crippen molar-refractivity contribution in [2.24, 2.45) is 5.92 Å². The Bertz CT molecular complexity index is 1680. The van der Waals surface area contributed by atoms with Crippen LogP contribution in [0.2, 0.25) is 0 Å². The highest BCUT2D eigenvalue weighted by Gasteiger charge is 2.32. The third kappa shape index (κ3) is 9.10. The van der Waals surface area contributed by atoms with Gasteiger partial charge >= 0.3 is 6.03 Å². The monoisotopic (exact) mass is 704 g/mol. The molecule has 0 radical (unpaired) electrons. The number of hydrogen-bond acceptors (Lipinski definition) is 11. The molecule has 270 valence electrons. The molecule has 3 N–H and O–H groups in total. The van der Waals surface area contributed by atoms with Crippen LogP contribution < -0.4 is 14.8 Å². The molecule has 1 aromatic carbocycles. The van der Waals surface area contributed by atoms with E-state index in [1.807, 2.05) is 13.8 Å². The number of amides is 3. The number of carbonyl (C=O) groups is 2. The number of likely N-dealkylation sites (N-methyl/N-ethyl adjacent to an activating group) is 1. The van der Waals surface area contributed by atoms with Crippen LogP contribution in [0, 0.1) is 33.6 Å². The lowest BCUT2D eigenvalue weighted by molar-refractivity contribution is -0.0115. The smallest absolute Gasteiger partial charge is 0.321 e. The highest BCUT2D eigenvalue weighted by molar-refractivity contribution is 7.92. The second-order valence-electron chi connectivity index (χ2n) is 12.8. The lowest BCUT2D eigenvalue weighted by Crippen LogP contribution is -2.48. The van der Waals surface area contributed by atoms with E-state index in [-0.39, 0.29) is 65.3 Å². The van der Waals surface area contributed by atoms with Crippen LogP contribution in [0.4, 0.5) is 16.2 Å². The molecule has 0 aliphatic carbocycles. The van der Waals surface area contributed by atoms with Crippen molar-refractivity contribution in [3.8, 4) is 5.75 Å². The second-order valence-corrected chi connectivity index (χ2v) is 14.4. The zero-order valence-electron chi connectivity index (χ0n) is 29.4. The Hall–Kier alpha value is -4.15. The molecule has 49 heavy (non-hydrogen) atoms. The lowest BCUT2D eigenvalue weighted by atomic mass is 10.0. The van der Waals surface area contributed by atoms with Gasteiger partial charge in [-0.05, 0) is 79.0 Å². The predicted octanol–water partition coefficient (Wildman–Crippen LogP) is 4.66. The first kappa shape index (κ1) is 37.7. The molecule has 0 bridgehead atoms. The molecular formula is C33H48N6O9S. The highest BCUT2D eigenvalue weighted by Crippen LogP contribution is 2.30. The van der Waals surface area contributed by atoms with E-state index in [4.69, 9.17) is 18.5 Å². The molecule has 3 amide bonds. The average Bonchev–Trinajstić information content (AvgIpc) is 3.56. The van der Waals surface area contributed by atoms with Crippen molar-refractivity contribution in [2.45, 2.75) is 90.9 Å². The van der Waals surface area contributed by atoms with Crippen molar-refractivity contribution in [2.75, 3.05) is 43.4 Å². The number of rotatable bonds is 8. The van der Waals surface area contributed by atoms with E-state index < -0.39 is 28.1 Å². The molecule has 4 atom stereocenters. The van der Waals surface area contributed by atoms with Crippen LogP contribution in [0.15, 0.2) is 32.1 Å². The molecule has 0 unspecified atom stereocenters. The van der Waals surface area contributed by atoms with E-state index in [9.17, 15) is 23.1 Å². The minimum atomic E-state index is -4.10. The van der Waals surface area contributed by atoms with Crippen LogP contribution in [-0.4, -0.2) is 97.2 Å². The van der Waals surface area contributed by atoms with Gasteiger partial charge in [-0.1, -0.05) is 17.2 Å². The van der Waals surface area contributed by atoms with E-state index in [2.05, 4.69) is 20.4 Å². The number of aryl methyl sites for hydroxylation is 4. The lowest BCUT2D eigenvalue weighted by Gasteiger charge is -2.35. The van der Waals surface area contributed by atoms with Gasteiger partial charge in [0.25, 0.3) is 15.9 Å². The van der Waals surface area contributed by atoms with Crippen LogP contribution in [0.3, 0.4) is 0 Å². The first-order chi connectivity index (χ1) is 23.1. The number of sulfonamides is 1. The summed E-state index contributed by atoms with van der Waals surface area (Å²) >= 11 is 0. The zero-order chi connectivity index (χ0) is 36.0. The van der Waals surface area contributed by atoms with Gasteiger partial charge in [0, 0.05) is 38.3 Å². The Morgan fingerprint density at radius 1 is 1.10 bits per heavy atom. The summed E-state index contributed by atoms with van der Waals surface area (Å²) in [4.78, 5) is 30.5. The maximum atomic E-state index is 14.4. The van der Waals surface area contributed by atoms with Crippen molar-refractivity contribution < 1.29 is 41.6 Å². The van der Waals surface area contributed by atoms with Crippen molar-refractivity contribution >= 4 is 33.3 Å². The molecule has 16 heteroatoms. The van der Waals surface area contributed by atoms with Gasteiger partial charge in [0.05, 0.1) is 30.4 Å². The first-order valence-corrected chi connectivity index (χ1v) is 17.9. The van der Waals surface area contributed by atoms with Crippen LogP contribution >= 0.6 is 0 Å². The summed E-state index contributed by atoms with van der Waals surface area (Å²) in [5.74, 6) is 0.166. The summed E-state index contributed by atoms with van der Waals surface area (Å²) in [5, 5.41) is 20.7. The summed E-state index contributed by atoms with van der Waals surface area (Å²) < 4.78 is 52.0. The fourth-order valence-electron chi connectivity index (χ4n) is 5.73. The molecule has 0 saturated heterocycles. The predicted molar refractivity (Wildman–Crippen MR) is 181 cm³/mol. The van der Waals surface area contributed by atoms with Gasteiger partial charge in [-0.3, -0.25) is 9.52 Å². The minimum Gasteiger partial charge on any atom is -0.490 e. The Balaban J connectivity index is 1.64. The van der Waals surface area contributed by atoms with E-state index in [0.717, 1.165) is 12.8 Å². The van der Waals surface area contributed by atoms with E-state index in [1.165, 1.54) is 35.8 Å². The van der Waals surface area contributed by atoms with Crippen molar-refractivity contribution in [1.82, 2.24) is 20.1 Å². The Kier molecular flexibility index (Phi) is 12.3. The molecule has 0 saturated carbocycles. The van der Waals surface area contributed by atoms with Crippen LogP contribution in [0.25, 0.3) is 0 Å². The molecule has 4 rings (SSSR count). The molecule has 0 spiro atoms. The maximum Gasteiger partial charge on any atom is 0.321 e. The zero-order valence-corrected chi connectivity index (χ0v) is 30.2. The van der Waals surface area contributed by atoms with Gasteiger partial charge in [0.2, 0.25) is 0 Å². The fourth-order valence-corrected chi connectivity index (χ4v) is 7.11. The quantitative estimate of drug-likeness (QED) is 0.296. The molecule has 2 aromatic heterocycles. The van der Waals surface area contributed by atoms with Crippen molar-refractivity contribution in [1.29, 1.82) is 0 Å². The fraction of sp³-hybridized carbons (Fsp3) is 0.576. The van der Waals surface area contributed by atoms with E-state index in [0.29, 0.717) is 35.9 Å². The second kappa shape index (κ2) is 16.0. The first-order valence-electron chi connectivity index (χ1n) is 16.4. The summed E-state index contributed by atoms with van der Waals surface area (Å²) in [6.45, 7) is 12.5. The summed E-state index contributed by atoms with van der Waals surface area (Å²) in [6.07, 6.45) is 1.48. The largest absolute Gasteiger partial charge is 0.490 e.